The Hall–Kier alpha value is -5.32. The van der Waals surface area contributed by atoms with E-state index < -0.39 is 54.2 Å². The van der Waals surface area contributed by atoms with Gasteiger partial charge >= 0.3 is 12.1 Å². The van der Waals surface area contributed by atoms with Crippen molar-refractivity contribution < 1.29 is 33.5 Å². The van der Waals surface area contributed by atoms with Crippen molar-refractivity contribution in [3.05, 3.63) is 63.0 Å². The lowest BCUT2D eigenvalue weighted by atomic mass is 9.99. The zero-order valence-electron chi connectivity index (χ0n) is 25.2. The maximum absolute atomic E-state index is 14.1. The third-order valence-electron chi connectivity index (χ3n) is 7.55. The van der Waals surface area contributed by atoms with Gasteiger partial charge in [-0.25, -0.2) is 23.9 Å². The summed E-state index contributed by atoms with van der Waals surface area (Å²) in [6.07, 6.45) is -0.0664. The van der Waals surface area contributed by atoms with E-state index in [4.69, 9.17) is 16.7 Å². The van der Waals surface area contributed by atoms with Crippen LogP contribution in [-0.2, 0) is 22.7 Å². The fraction of sp³-hybridized carbons (Fsp3) is 0.379. The second kappa shape index (κ2) is 13.6. The monoisotopic (exact) mass is 671 g/mol. The van der Waals surface area contributed by atoms with Crippen LogP contribution in [0.2, 0.25) is 5.02 Å². The molecule has 0 atom stereocenters. The van der Waals surface area contributed by atoms with Crippen molar-refractivity contribution in [1.29, 1.82) is 0 Å². The van der Waals surface area contributed by atoms with Gasteiger partial charge in [0.1, 0.15) is 23.3 Å². The van der Waals surface area contributed by atoms with Gasteiger partial charge in [-0.05, 0) is 30.7 Å². The standard InChI is InChI=1S/C29H31ClFN9O7/c1-29(31)15-38(16-29)23(42)14-40-24-20(10-19(26(40)44)25(43)34-11-17-2-4-18(30)5-3-17)36-21(12-33-24)39-9-8-37(28(39)47)7-6-32-22(41)13-35-27(45)46/h2-5,10,12,35H,6-9,11,13-16H2,1H3,(H,32,41)(H,34,43)(H,45,46). The van der Waals surface area contributed by atoms with Crippen molar-refractivity contribution in [1.82, 2.24) is 40.3 Å². The number of carboxylic acid groups (broad SMARTS) is 1. The normalized spacial score (nSPS) is 15.4. The Morgan fingerprint density at radius 1 is 1.06 bits per heavy atom. The van der Waals surface area contributed by atoms with Gasteiger partial charge in [-0.15, -0.1) is 0 Å². The molecule has 47 heavy (non-hydrogen) atoms. The highest BCUT2D eigenvalue weighted by Crippen LogP contribution is 2.25. The minimum absolute atomic E-state index is 0.00827. The van der Waals surface area contributed by atoms with E-state index in [1.165, 1.54) is 33.9 Å². The first-order valence-corrected chi connectivity index (χ1v) is 14.9. The summed E-state index contributed by atoms with van der Waals surface area (Å²) in [4.78, 5) is 88.2. The predicted octanol–water partition coefficient (Wildman–Crippen LogP) is 0.571. The zero-order chi connectivity index (χ0) is 33.9. The van der Waals surface area contributed by atoms with E-state index in [1.54, 1.807) is 24.3 Å². The van der Waals surface area contributed by atoms with E-state index in [2.05, 4.69) is 20.6 Å². The van der Waals surface area contributed by atoms with Crippen LogP contribution in [0.5, 0.6) is 0 Å². The number of hydrogen-bond acceptors (Lipinski definition) is 8. The third kappa shape index (κ3) is 7.74. The molecule has 5 rings (SSSR count). The molecule has 6 amide bonds. The molecule has 2 aliphatic heterocycles. The van der Waals surface area contributed by atoms with Crippen LogP contribution in [0.1, 0.15) is 22.8 Å². The van der Waals surface area contributed by atoms with Crippen molar-refractivity contribution in [2.45, 2.75) is 25.7 Å². The molecule has 4 heterocycles. The van der Waals surface area contributed by atoms with Crippen LogP contribution in [0.25, 0.3) is 11.2 Å². The Bertz CT molecular complexity index is 1790. The van der Waals surface area contributed by atoms with Crippen LogP contribution in [0.3, 0.4) is 0 Å². The lowest BCUT2D eigenvalue weighted by Crippen LogP contribution is -2.60. The molecule has 18 heteroatoms. The van der Waals surface area contributed by atoms with E-state index in [-0.39, 0.29) is 68.4 Å². The van der Waals surface area contributed by atoms with Gasteiger partial charge in [0.05, 0.1) is 25.8 Å². The number of alkyl halides is 1. The lowest BCUT2D eigenvalue weighted by Gasteiger charge is -2.42. The third-order valence-corrected chi connectivity index (χ3v) is 7.80. The minimum atomic E-state index is -1.53. The van der Waals surface area contributed by atoms with Gasteiger partial charge in [0.25, 0.3) is 11.5 Å². The number of carbonyl (C=O) groups excluding carboxylic acids is 4. The van der Waals surface area contributed by atoms with Crippen LogP contribution >= 0.6 is 11.6 Å². The average molecular weight is 672 g/mol. The summed E-state index contributed by atoms with van der Waals surface area (Å²) in [6.45, 7) is 0.977. The quantitative estimate of drug-likeness (QED) is 0.225. The number of nitrogens with one attached hydrogen (secondary N) is 3. The fourth-order valence-electron chi connectivity index (χ4n) is 5.16. The largest absolute Gasteiger partial charge is 0.465 e. The summed E-state index contributed by atoms with van der Waals surface area (Å²) >= 11 is 5.93. The van der Waals surface area contributed by atoms with Crippen LogP contribution < -0.4 is 26.4 Å². The molecule has 0 bridgehead atoms. The highest BCUT2D eigenvalue weighted by molar-refractivity contribution is 6.30. The number of urea groups is 1. The van der Waals surface area contributed by atoms with Crippen molar-refractivity contribution >= 4 is 58.4 Å². The first-order valence-electron chi connectivity index (χ1n) is 14.5. The summed E-state index contributed by atoms with van der Waals surface area (Å²) < 4.78 is 15.1. The highest BCUT2D eigenvalue weighted by Gasteiger charge is 2.41. The van der Waals surface area contributed by atoms with Gasteiger partial charge in [0.15, 0.2) is 11.5 Å². The Labute approximate surface area is 271 Å². The summed E-state index contributed by atoms with van der Waals surface area (Å²) in [5.74, 6) is -1.70. The average Bonchev–Trinajstić information content (AvgIpc) is 3.38. The molecule has 0 saturated carbocycles. The molecule has 2 aliphatic rings. The van der Waals surface area contributed by atoms with Gasteiger partial charge in [-0.2, -0.15) is 0 Å². The number of hydrogen-bond donors (Lipinski definition) is 4. The van der Waals surface area contributed by atoms with Crippen LogP contribution in [0.15, 0.2) is 41.3 Å². The predicted molar refractivity (Wildman–Crippen MR) is 166 cm³/mol. The Kier molecular flexibility index (Phi) is 9.55. The molecule has 0 radical (unpaired) electrons. The molecule has 0 spiro atoms. The van der Waals surface area contributed by atoms with Gasteiger partial charge in [0, 0.05) is 37.7 Å². The van der Waals surface area contributed by atoms with Crippen LogP contribution in [0.4, 0.5) is 19.8 Å². The van der Waals surface area contributed by atoms with Gasteiger partial charge in [-0.3, -0.25) is 28.6 Å². The second-order valence-electron chi connectivity index (χ2n) is 11.3. The summed E-state index contributed by atoms with van der Waals surface area (Å²) in [7, 11) is 0. The molecule has 4 N–H and O–H groups in total. The number of pyridine rings is 1. The molecule has 0 aliphatic carbocycles. The van der Waals surface area contributed by atoms with Crippen molar-refractivity contribution in [3.63, 3.8) is 0 Å². The molecule has 248 valence electrons. The van der Waals surface area contributed by atoms with E-state index in [1.807, 2.05) is 5.32 Å². The number of nitrogens with zero attached hydrogens (tertiary/aromatic N) is 6. The van der Waals surface area contributed by atoms with E-state index in [0.29, 0.717) is 5.02 Å². The topological polar surface area (TPSA) is 199 Å². The first-order chi connectivity index (χ1) is 22.3. The van der Waals surface area contributed by atoms with E-state index in [9.17, 15) is 33.2 Å². The zero-order valence-corrected chi connectivity index (χ0v) is 25.9. The number of halogens is 2. The second-order valence-corrected chi connectivity index (χ2v) is 11.7. The highest BCUT2D eigenvalue weighted by atomic mass is 35.5. The van der Waals surface area contributed by atoms with Gasteiger partial charge in [-0.1, -0.05) is 23.7 Å². The SMILES string of the molecule is CC1(F)CN(C(=O)Cn2c(=O)c(C(=O)NCc3ccc(Cl)cc3)cc3nc(N4CCN(CCNC(=O)CNC(=O)O)C4=O)cnc32)C1. The van der Waals surface area contributed by atoms with Crippen LogP contribution in [0, 0.1) is 0 Å². The maximum atomic E-state index is 14.1. The first kappa shape index (κ1) is 33.1. The number of anilines is 1. The number of fused-ring (bicyclic) bond motifs is 1. The number of rotatable bonds is 11. The van der Waals surface area contributed by atoms with E-state index >= 15 is 0 Å². The number of carbonyl (C=O) groups is 5. The number of benzene rings is 1. The summed E-state index contributed by atoms with van der Waals surface area (Å²) in [5.41, 5.74) is -1.86. The molecular formula is C29H31ClFN9O7. The van der Waals surface area contributed by atoms with E-state index in [0.717, 1.165) is 10.1 Å². The number of amides is 6. The maximum Gasteiger partial charge on any atom is 0.405 e. The van der Waals surface area contributed by atoms with Gasteiger partial charge < -0.3 is 30.9 Å². The molecular weight excluding hydrogens is 641 g/mol. The summed E-state index contributed by atoms with van der Waals surface area (Å²) in [6, 6.07) is 7.54. The van der Waals surface area contributed by atoms with Crippen molar-refractivity contribution in [2.24, 2.45) is 0 Å². The van der Waals surface area contributed by atoms with Crippen LogP contribution in [-0.4, -0.2) is 111 Å². The Balaban J connectivity index is 1.37. The number of likely N-dealkylation sites (tertiary alicyclic amines) is 1. The molecule has 2 fully saturated rings. The molecule has 16 nitrogen and oxygen atoms in total. The summed E-state index contributed by atoms with van der Waals surface area (Å²) in [5, 5.41) is 16.3. The lowest BCUT2D eigenvalue weighted by molar-refractivity contribution is -0.144. The van der Waals surface area contributed by atoms with Crippen molar-refractivity contribution in [3.8, 4) is 0 Å². The smallest absolute Gasteiger partial charge is 0.405 e. The Morgan fingerprint density at radius 2 is 1.79 bits per heavy atom. The molecule has 0 unspecified atom stereocenters. The molecule has 2 aromatic heterocycles. The number of aromatic nitrogens is 3. The molecule has 1 aromatic carbocycles. The molecule has 2 saturated heterocycles. The molecule has 3 aromatic rings. The Morgan fingerprint density at radius 3 is 2.47 bits per heavy atom. The minimum Gasteiger partial charge on any atom is -0.465 e. The fourth-order valence-corrected chi connectivity index (χ4v) is 5.29. The van der Waals surface area contributed by atoms with Crippen molar-refractivity contribution in [2.75, 3.05) is 50.7 Å². The van der Waals surface area contributed by atoms with Gasteiger partial charge in [0.2, 0.25) is 11.8 Å².